The Morgan fingerprint density at radius 1 is 1.32 bits per heavy atom. The summed E-state index contributed by atoms with van der Waals surface area (Å²) in [6.07, 6.45) is 3.46. The molecule has 1 aromatic carbocycles. The van der Waals surface area contributed by atoms with Gasteiger partial charge in [-0.05, 0) is 50.6 Å². The summed E-state index contributed by atoms with van der Waals surface area (Å²) in [5.41, 5.74) is 1.57. The van der Waals surface area contributed by atoms with E-state index in [4.69, 9.17) is 0 Å². The van der Waals surface area contributed by atoms with Gasteiger partial charge in [0.15, 0.2) is 0 Å². The van der Waals surface area contributed by atoms with Crippen molar-refractivity contribution in [2.75, 3.05) is 25.0 Å². The minimum absolute atomic E-state index is 0.232. The van der Waals surface area contributed by atoms with Crippen LogP contribution in [0.15, 0.2) is 18.2 Å². The maximum Gasteiger partial charge on any atom is 0.203 e. The largest absolute Gasteiger partial charge is 0.342 e. The van der Waals surface area contributed by atoms with Gasteiger partial charge in [-0.15, -0.1) is 0 Å². The van der Waals surface area contributed by atoms with Crippen LogP contribution in [0.5, 0.6) is 0 Å². The Bertz CT molecular complexity index is 558. The van der Waals surface area contributed by atoms with Crippen molar-refractivity contribution in [2.45, 2.75) is 25.3 Å². The SMILES string of the molecule is CN(c1nc2ccc(F)cc2[nH]1)C1CCCNCC1. The van der Waals surface area contributed by atoms with Gasteiger partial charge in [0.25, 0.3) is 0 Å². The molecule has 2 heterocycles. The van der Waals surface area contributed by atoms with E-state index in [-0.39, 0.29) is 5.82 Å². The molecule has 4 nitrogen and oxygen atoms in total. The molecule has 2 N–H and O–H groups in total. The second-order valence-corrected chi connectivity index (χ2v) is 5.17. The number of nitrogens with one attached hydrogen (secondary N) is 2. The summed E-state index contributed by atoms with van der Waals surface area (Å²) in [6.45, 7) is 2.14. The highest BCUT2D eigenvalue weighted by molar-refractivity contribution is 5.77. The van der Waals surface area contributed by atoms with Gasteiger partial charge >= 0.3 is 0 Å². The summed E-state index contributed by atoms with van der Waals surface area (Å²) in [5, 5.41) is 3.41. The van der Waals surface area contributed by atoms with Gasteiger partial charge in [0, 0.05) is 13.1 Å². The molecule has 0 spiro atoms. The van der Waals surface area contributed by atoms with Gasteiger partial charge in [-0.2, -0.15) is 0 Å². The molecule has 1 saturated heterocycles. The molecule has 1 aliphatic heterocycles. The molecule has 0 aliphatic carbocycles. The number of aromatic amines is 1. The van der Waals surface area contributed by atoms with Crippen molar-refractivity contribution >= 4 is 17.0 Å². The van der Waals surface area contributed by atoms with E-state index >= 15 is 0 Å². The smallest absolute Gasteiger partial charge is 0.203 e. The number of benzene rings is 1. The number of nitrogens with zero attached hydrogens (tertiary/aromatic N) is 2. The van der Waals surface area contributed by atoms with Crippen molar-refractivity contribution in [3.63, 3.8) is 0 Å². The van der Waals surface area contributed by atoms with Crippen LogP contribution < -0.4 is 10.2 Å². The number of anilines is 1. The van der Waals surface area contributed by atoms with Gasteiger partial charge in [-0.25, -0.2) is 9.37 Å². The first-order valence-corrected chi connectivity index (χ1v) is 6.83. The summed E-state index contributed by atoms with van der Waals surface area (Å²) in [4.78, 5) is 9.94. The fourth-order valence-corrected chi connectivity index (χ4v) is 2.70. The molecule has 2 aromatic rings. The van der Waals surface area contributed by atoms with Crippen LogP contribution in [-0.4, -0.2) is 36.1 Å². The van der Waals surface area contributed by atoms with E-state index in [1.165, 1.54) is 18.6 Å². The second kappa shape index (κ2) is 5.17. The predicted molar refractivity (Wildman–Crippen MR) is 75.0 cm³/mol. The minimum atomic E-state index is -0.232. The Labute approximate surface area is 112 Å². The lowest BCUT2D eigenvalue weighted by Gasteiger charge is -2.26. The monoisotopic (exact) mass is 262 g/mol. The predicted octanol–water partition coefficient (Wildman–Crippen LogP) is 2.28. The molecule has 102 valence electrons. The molecule has 0 saturated carbocycles. The zero-order valence-corrected chi connectivity index (χ0v) is 11.1. The van der Waals surface area contributed by atoms with Crippen molar-refractivity contribution in [3.05, 3.63) is 24.0 Å². The van der Waals surface area contributed by atoms with Crippen LogP contribution in [0.2, 0.25) is 0 Å². The van der Waals surface area contributed by atoms with E-state index in [2.05, 4.69) is 27.2 Å². The molecule has 1 aliphatic rings. The van der Waals surface area contributed by atoms with E-state index in [9.17, 15) is 4.39 Å². The molecule has 5 heteroatoms. The van der Waals surface area contributed by atoms with Gasteiger partial charge in [0.05, 0.1) is 11.0 Å². The number of H-pyrrole nitrogens is 1. The first-order valence-electron chi connectivity index (χ1n) is 6.83. The first-order chi connectivity index (χ1) is 9.24. The summed E-state index contributed by atoms with van der Waals surface area (Å²) < 4.78 is 13.2. The van der Waals surface area contributed by atoms with Gasteiger partial charge < -0.3 is 15.2 Å². The molecule has 0 bridgehead atoms. The summed E-state index contributed by atoms with van der Waals surface area (Å²) in [6, 6.07) is 5.14. The van der Waals surface area contributed by atoms with Crippen molar-refractivity contribution < 1.29 is 4.39 Å². The van der Waals surface area contributed by atoms with Gasteiger partial charge in [0.1, 0.15) is 5.82 Å². The normalized spacial score (nSPS) is 20.4. The van der Waals surface area contributed by atoms with E-state index in [0.717, 1.165) is 42.9 Å². The third-order valence-electron chi connectivity index (χ3n) is 3.86. The highest BCUT2D eigenvalue weighted by Crippen LogP contribution is 2.21. The highest BCUT2D eigenvalue weighted by atomic mass is 19.1. The molecule has 0 radical (unpaired) electrons. The van der Waals surface area contributed by atoms with E-state index in [0.29, 0.717) is 6.04 Å². The van der Waals surface area contributed by atoms with Crippen molar-refractivity contribution in [3.8, 4) is 0 Å². The lowest BCUT2D eigenvalue weighted by molar-refractivity contribution is 0.560. The standard InChI is InChI=1S/C14H19FN4/c1-19(11-3-2-7-16-8-6-11)14-17-12-5-4-10(15)9-13(12)18-14/h4-5,9,11,16H,2-3,6-8H2,1H3,(H,17,18). The Morgan fingerprint density at radius 2 is 2.21 bits per heavy atom. The fraction of sp³-hybridized carbons (Fsp3) is 0.500. The van der Waals surface area contributed by atoms with Crippen LogP contribution >= 0.6 is 0 Å². The number of hydrogen-bond acceptors (Lipinski definition) is 3. The number of rotatable bonds is 2. The topological polar surface area (TPSA) is 44.0 Å². The first kappa shape index (κ1) is 12.4. The molecule has 1 fully saturated rings. The van der Waals surface area contributed by atoms with Crippen LogP contribution in [0.4, 0.5) is 10.3 Å². The van der Waals surface area contributed by atoms with Crippen molar-refractivity contribution in [2.24, 2.45) is 0 Å². The lowest BCUT2D eigenvalue weighted by Crippen LogP contribution is -2.33. The highest BCUT2D eigenvalue weighted by Gasteiger charge is 2.19. The van der Waals surface area contributed by atoms with E-state index in [1.54, 1.807) is 6.07 Å². The average molecular weight is 262 g/mol. The summed E-state index contributed by atoms with van der Waals surface area (Å²) >= 11 is 0. The Hall–Kier alpha value is -1.62. The molecule has 0 amide bonds. The van der Waals surface area contributed by atoms with Crippen LogP contribution in [-0.2, 0) is 0 Å². The third-order valence-corrected chi connectivity index (χ3v) is 3.86. The van der Waals surface area contributed by atoms with Crippen molar-refractivity contribution in [1.29, 1.82) is 0 Å². The Balaban J connectivity index is 1.85. The third kappa shape index (κ3) is 2.56. The quantitative estimate of drug-likeness (QED) is 0.872. The van der Waals surface area contributed by atoms with Gasteiger partial charge in [0.2, 0.25) is 5.95 Å². The fourth-order valence-electron chi connectivity index (χ4n) is 2.70. The number of hydrogen-bond donors (Lipinski definition) is 2. The average Bonchev–Trinajstić information content (AvgIpc) is 2.64. The Morgan fingerprint density at radius 3 is 3.11 bits per heavy atom. The van der Waals surface area contributed by atoms with Gasteiger partial charge in [-0.1, -0.05) is 0 Å². The zero-order valence-electron chi connectivity index (χ0n) is 11.1. The number of fused-ring (bicyclic) bond motifs is 1. The van der Waals surface area contributed by atoms with Crippen molar-refractivity contribution in [1.82, 2.24) is 15.3 Å². The molecule has 1 atom stereocenters. The van der Waals surface area contributed by atoms with E-state index < -0.39 is 0 Å². The van der Waals surface area contributed by atoms with E-state index in [1.807, 2.05) is 0 Å². The molecule has 1 unspecified atom stereocenters. The lowest BCUT2D eigenvalue weighted by atomic mass is 10.1. The summed E-state index contributed by atoms with van der Waals surface area (Å²) in [7, 11) is 2.06. The van der Waals surface area contributed by atoms with Crippen LogP contribution in [0.3, 0.4) is 0 Å². The van der Waals surface area contributed by atoms with Gasteiger partial charge in [-0.3, -0.25) is 0 Å². The molecular weight excluding hydrogens is 243 g/mol. The van der Waals surface area contributed by atoms with Crippen LogP contribution in [0, 0.1) is 5.82 Å². The van der Waals surface area contributed by atoms with Crippen LogP contribution in [0.25, 0.3) is 11.0 Å². The second-order valence-electron chi connectivity index (χ2n) is 5.17. The van der Waals surface area contributed by atoms with Crippen LogP contribution in [0.1, 0.15) is 19.3 Å². The number of halogens is 1. The zero-order chi connectivity index (χ0) is 13.2. The molecular formula is C14H19FN4. The molecule has 19 heavy (non-hydrogen) atoms. The Kier molecular flexibility index (Phi) is 3.38. The number of aromatic nitrogens is 2. The minimum Gasteiger partial charge on any atom is -0.342 e. The maximum atomic E-state index is 13.2. The molecule has 1 aromatic heterocycles. The summed E-state index contributed by atoms with van der Waals surface area (Å²) in [5.74, 6) is 0.594. The molecule has 3 rings (SSSR count). The maximum absolute atomic E-state index is 13.2. The number of imidazole rings is 1.